The zero-order valence-corrected chi connectivity index (χ0v) is 19.1. The molecule has 1 aromatic heterocycles. The molecular formula is C24H38N4O2. The molecule has 0 N–H and O–H groups in total. The van der Waals surface area contributed by atoms with Gasteiger partial charge in [0.05, 0.1) is 0 Å². The molecule has 1 atom stereocenters. The molecule has 2 saturated heterocycles. The number of aryl methyl sites for hydroxylation is 1. The molecule has 6 nitrogen and oxygen atoms in total. The number of aromatic nitrogens is 1. The van der Waals surface area contributed by atoms with E-state index in [4.69, 9.17) is 0 Å². The van der Waals surface area contributed by atoms with Gasteiger partial charge in [0, 0.05) is 44.6 Å². The molecule has 1 aromatic rings. The van der Waals surface area contributed by atoms with E-state index in [2.05, 4.69) is 37.6 Å². The zero-order valence-electron chi connectivity index (χ0n) is 19.1. The molecule has 0 bridgehead atoms. The number of piperidine rings is 1. The molecule has 30 heavy (non-hydrogen) atoms. The maximum absolute atomic E-state index is 13.6. The summed E-state index contributed by atoms with van der Waals surface area (Å²) in [6.45, 7) is 11.7. The summed E-state index contributed by atoms with van der Waals surface area (Å²) in [6, 6.07) is 4.44. The Hall–Kier alpha value is -1.95. The van der Waals surface area contributed by atoms with Crippen molar-refractivity contribution in [1.29, 1.82) is 0 Å². The summed E-state index contributed by atoms with van der Waals surface area (Å²) in [4.78, 5) is 36.9. The van der Waals surface area contributed by atoms with Gasteiger partial charge in [0.1, 0.15) is 5.54 Å². The van der Waals surface area contributed by atoms with Crippen LogP contribution < -0.4 is 0 Å². The van der Waals surface area contributed by atoms with Crippen LogP contribution in [0.5, 0.6) is 0 Å². The van der Waals surface area contributed by atoms with Crippen LogP contribution in [-0.4, -0.2) is 69.4 Å². The van der Waals surface area contributed by atoms with Crippen molar-refractivity contribution in [2.75, 3.05) is 26.2 Å². The minimum Gasteiger partial charge on any atom is -0.309 e. The standard InChI is InChI=1S/C24H38N4O2/c1-5-20(4)26-17-11-24(12-18-26)22(29)27(23(30)28(24)16-10-19(2)3)15-6-7-21-8-13-25-14-9-21/h8-9,13-14,19-20H,5-7,10-12,15-18H2,1-4H3/t20-/m1/s1. The van der Waals surface area contributed by atoms with Crippen LogP contribution in [0, 0.1) is 5.92 Å². The second-order valence-corrected chi connectivity index (χ2v) is 9.36. The highest BCUT2D eigenvalue weighted by molar-refractivity contribution is 6.07. The lowest BCUT2D eigenvalue weighted by Gasteiger charge is -2.44. The van der Waals surface area contributed by atoms with Crippen molar-refractivity contribution in [3.63, 3.8) is 0 Å². The Kier molecular flexibility index (Phi) is 7.50. The fourth-order valence-corrected chi connectivity index (χ4v) is 4.74. The third-order valence-electron chi connectivity index (χ3n) is 6.99. The summed E-state index contributed by atoms with van der Waals surface area (Å²) in [5.41, 5.74) is 0.560. The van der Waals surface area contributed by atoms with Gasteiger partial charge in [-0.3, -0.25) is 14.7 Å². The number of imide groups is 1. The van der Waals surface area contributed by atoms with Crippen LogP contribution in [0.3, 0.4) is 0 Å². The molecule has 0 aliphatic carbocycles. The van der Waals surface area contributed by atoms with Gasteiger partial charge in [0.15, 0.2) is 0 Å². The molecule has 0 saturated carbocycles. The van der Waals surface area contributed by atoms with E-state index < -0.39 is 5.54 Å². The monoisotopic (exact) mass is 414 g/mol. The number of carbonyl (C=O) groups excluding carboxylic acids is 2. The van der Waals surface area contributed by atoms with Crippen LogP contribution in [0.4, 0.5) is 4.79 Å². The van der Waals surface area contributed by atoms with Crippen molar-refractivity contribution in [2.24, 2.45) is 5.92 Å². The zero-order chi connectivity index (χ0) is 21.7. The molecule has 3 rings (SSSR count). The summed E-state index contributed by atoms with van der Waals surface area (Å²) < 4.78 is 0. The maximum Gasteiger partial charge on any atom is 0.327 e. The van der Waals surface area contributed by atoms with Crippen molar-refractivity contribution in [3.05, 3.63) is 30.1 Å². The van der Waals surface area contributed by atoms with E-state index >= 15 is 0 Å². The number of likely N-dealkylation sites (tertiary alicyclic amines) is 1. The summed E-state index contributed by atoms with van der Waals surface area (Å²) in [6.07, 6.45) is 8.75. The van der Waals surface area contributed by atoms with Crippen LogP contribution in [0.25, 0.3) is 0 Å². The summed E-state index contributed by atoms with van der Waals surface area (Å²) in [5, 5.41) is 0. The predicted octanol–water partition coefficient (Wildman–Crippen LogP) is 3.96. The van der Waals surface area contributed by atoms with Crippen LogP contribution in [0.1, 0.15) is 65.4 Å². The van der Waals surface area contributed by atoms with Gasteiger partial charge in [0.25, 0.3) is 5.91 Å². The Balaban J connectivity index is 1.71. The van der Waals surface area contributed by atoms with Gasteiger partial charge in [-0.15, -0.1) is 0 Å². The van der Waals surface area contributed by atoms with Crippen molar-refractivity contribution >= 4 is 11.9 Å². The molecule has 2 aliphatic rings. The number of amides is 3. The number of urea groups is 1. The topological polar surface area (TPSA) is 56.8 Å². The molecule has 0 unspecified atom stereocenters. The third-order valence-corrected chi connectivity index (χ3v) is 6.99. The van der Waals surface area contributed by atoms with Gasteiger partial charge in [0.2, 0.25) is 0 Å². The first-order valence-corrected chi connectivity index (χ1v) is 11.7. The SMILES string of the molecule is CC[C@@H](C)N1CCC2(CC1)C(=O)N(CCCc1ccncc1)C(=O)N2CCC(C)C. The lowest BCUT2D eigenvalue weighted by atomic mass is 9.84. The predicted molar refractivity (Wildman–Crippen MR) is 119 cm³/mol. The molecule has 2 fully saturated rings. The molecule has 0 radical (unpaired) electrons. The lowest BCUT2D eigenvalue weighted by Crippen LogP contribution is -2.57. The summed E-state index contributed by atoms with van der Waals surface area (Å²) in [7, 11) is 0. The van der Waals surface area contributed by atoms with Gasteiger partial charge in [-0.2, -0.15) is 0 Å². The average molecular weight is 415 g/mol. The smallest absolute Gasteiger partial charge is 0.309 e. The number of carbonyl (C=O) groups is 2. The van der Waals surface area contributed by atoms with Crippen LogP contribution in [0.2, 0.25) is 0 Å². The van der Waals surface area contributed by atoms with Crippen molar-refractivity contribution in [1.82, 2.24) is 19.7 Å². The number of hydrogen-bond acceptors (Lipinski definition) is 4. The number of pyridine rings is 1. The fraction of sp³-hybridized carbons (Fsp3) is 0.708. The van der Waals surface area contributed by atoms with E-state index in [-0.39, 0.29) is 11.9 Å². The highest BCUT2D eigenvalue weighted by Crippen LogP contribution is 2.38. The first kappa shape index (κ1) is 22.7. The Morgan fingerprint density at radius 1 is 1.07 bits per heavy atom. The maximum atomic E-state index is 13.6. The van der Waals surface area contributed by atoms with Crippen molar-refractivity contribution < 1.29 is 9.59 Å². The number of rotatable bonds is 9. The van der Waals surface area contributed by atoms with E-state index in [1.54, 1.807) is 17.3 Å². The first-order valence-electron chi connectivity index (χ1n) is 11.7. The number of hydrogen-bond donors (Lipinski definition) is 0. The Bertz CT molecular complexity index is 713. The van der Waals surface area contributed by atoms with E-state index in [1.807, 2.05) is 17.0 Å². The molecule has 0 aromatic carbocycles. The largest absolute Gasteiger partial charge is 0.327 e. The normalized spacial score (nSPS) is 20.6. The number of nitrogens with zero attached hydrogens (tertiary/aromatic N) is 4. The Morgan fingerprint density at radius 2 is 1.73 bits per heavy atom. The average Bonchev–Trinajstić information content (AvgIpc) is 2.94. The highest BCUT2D eigenvalue weighted by Gasteiger charge is 2.57. The Morgan fingerprint density at radius 3 is 2.33 bits per heavy atom. The minimum absolute atomic E-state index is 0.0368. The van der Waals surface area contributed by atoms with E-state index in [0.717, 1.165) is 51.6 Å². The molecule has 3 amide bonds. The second kappa shape index (κ2) is 9.90. The van der Waals surface area contributed by atoms with E-state index in [0.29, 0.717) is 25.0 Å². The van der Waals surface area contributed by atoms with Crippen molar-refractivity contribution in [2.45, 2.75) is 77.8 Å². The first-order chi connectivity index (χ1) is 14.4. The van der Waals surface area contributed by atoms with Gasteiger partial charge < -0.3 is 9.80 Å². The Labute approximate surface area is 181 Å². The van der Waals surface area contributed by atoms with Gasteiger partial charge in [-0.1, -0.05) is 20.8 Å². The minimum atomic E-state index is -0.632. The fourth-order valence-electron chi connectivity index (χ4n) is 4.74. The van der Waals surface area contributed by atoms with Gasteiger partial charge in [-0.05, 0) is 69.1 Å². The van der Waals surface area contributed by atoms with E-state index in [9.17, 15) is 9.59 Å². The van der Waals surface area contributed by atoms with Crippen LogP contribution in [0.15, 0.2) is 24.5 Å². The summed E-state index contributed by atoms with van der Waals surface area (Å²) in [5.74, 6) is 0.542. The van der Waals surface area contributed by atoms with E-state index in [1.165, 1.54) is 5.56 Å². The third kappa shape index (κ3) is 4.69. The molecule has 3 heterocycles. The second-order valence-electron chi connectivity index (χ2n) is 9.36. The molecular weight excluding hydrogens is 376 g/mol. The van der Waals surface area contributed by atoms with Crippen molar-refractivity contribution in [3.8, 4) is 0 Å². The molecule has 1 spiro atoms. The quantitative estimate of drug-likeness (QED) is 0.574. The van der Waals surface area contributed by atoms with Gasteiger partial charge in [-0.25, -0.2) is 4.79 Å². The lowest BCUT2D eigenvalue weighted by molar-refractivity contribution is -0.136. The molecule has 2 aliphatic heterocycles. The van der Waals surface area contributed by atoms with Gasteiger partial charge >= 0.3 is 6.03 Å². The highest BCUT2D eigenvalue weighted by atomic mass is 16.2. The molecule has 166 valence electrons. The molecule has 6 heteroatoms. The van der Waals surface area contributed by atoms with Crippen LogP contribution in [-0.2, 0) is 11.2 Å². The van der Waals surface area contributed by atoms with Crippen LogP contribution >= 0.6 is 0 Å². The summed E-state index contributed by atoms with van der Waals surface area (Å²) >= 11 is 0.